The van der Waals surface area contributed by atoms with Crippen molar-refractivity contribution in [3.63, 3.8) is 0 Å². The van der Waals surface area contributed by atoms with Crippen molar-refractivity contribution in [2.45, 2.75) is 18.9 Å². The zero-order valence-corrected chi connectivity index (χ0v) is 13.8. The number of hydrogen-bond donors (Lipinski definition) is 1. The van der Waals surface area contributed by atoms with Gasteiger partial charge < -0.3 is 0 Å². The molecule has 7 nitrogen and oxygen atoms in total. The van der Waals surface area contributed by atoms with Crippen LogP contribution in [-0.2, 0) is 9.59 Å². The number of amides is 2. The third-order valence-electron chi connectivity index (χ3n) is 3.61. The topological polar surface area (TPSA) is 86.6 Å². The fourth-order valence-corrected chi connectivity index (χ4v) is 4.84. The fraction of sp³-hybridized carbons (Fsp3) is 0.357. The van der Waals surface area contributed by atoms with E-state index in [2.05, 4.69) is 5.32 Å². The second-order valence-corrected chi connectivity index (χ2v) is 7.02. The molecule has 1 unspecified atom stereocenters. The quantitative estimate of drug-likeness (QED) is 0.611. The number of aromatic nitrogens is 1. The van der Waals surface area contributed by atoms with Crippen LogP contribution in [0, 0.1) is 0 Å². The molecular weight excluding hydrogens is 355 g/mol. The summed E-state index contributed by atoms with van der Waals surface area (Å²) in [4.78, 5) is 35.8. The normalized spacial score (nSPS) is 18.4. The van der Waals surface area contributed by atoms with E-state index in [0.717, 1.165) is 4.26 Å². The van der Waals surface area contributed by atoms with Gasteiger partial charge in [0.2, 0.25) is 0 Å². The van der Waals surface area contributed by atoms with E-state index in [1.165, 1.54) is 14.2 Å². The summed E-state index contributed by atoms with van der Waals surface area (Å²) >= 11 is -0.325. The third-order valence-corrected chi connectivity index (χ3v) is 6.02. The summed E-state index contributed by atoms with van der Waals surface area (Å²) in [7, 11) is 3.04. The van der Waals surface area contributed by atoms with Crippen molar-refractivity contribution in [3.8, 4) is 11.5 Å². The number of nitrogens with one attached hydrogen (secondary N) is 1. The van der Waals surface area contributed by atoms with E-state index in [0.29, 0.717) is 23.3 Å². The molecule has 1 aromatic heterocycles. The molecule has 116 valence electrons. The average molecular weight is 369 g/mol. The summed E-state index contributed by atoms with van der Waals surface area (Å²) < 4.78 is 12.9. The van der Waals surface area contributed by atoms with E-state index in [4.69, 9.17) is 9.47 Å². The molecule has 0 saturated carbocycles. The molecule has 0 aliphatic carbocycles. The third kappa shape index (κ3) is 2.34. The number of imide groups is 1. The molecule has 1 aromatic carbocycles. The molecule has 0 bridgehead atoms. The molecule has 2 heterocycles. The molecule has 0 radical (unpaired) electrons. The predicted octanol–water partition coefficient (Wildman–Crippen LogP) is 0.0534. The van der Waals surface area contributed by atoms with Gasteiger partial charge in [0, 0.05) is 0 Å². The van der Waals surface area contributed by atoms with Gasteiger partial charge in [0.1, 0.15) is 0 Å². The zero-order chi connectivity index (χ0) is 15.9. The van der Waals surface area contributed by atoms with Crippen LogP contribution >= 0.6 is 0 Å². The molecule has 22 heavy (non-hydrogen) atoms. The van der Waals surface area contributed by atoms with Gasteiger partial charge in [-0.1, -0.05) is 0 Å². The summed E-state index contributed by atoms with van der Waals surface area (Å²) in [6.45, 7) is 0. The first-order chi connectivity index (χ1) is 10.5. The van der Waals surface area contributed by atoms with E-state index in [-0.39, 0.29) is 32.6 Å². The Bertz CT molecular complexity index is 822. The van der Waals surface area contributed by atoms with Crippen LogP contribution in [0.2, 0.25) is 0 Å². The summed E-state index contributed by atoms with van der Waals surface area (Å²) in [5.74, 6) is 0.344. The first-order valence-corrected chi connectivity index (χ1v) is 8.28. The molecule has 1 fully saturated rings. The Morgan fingerprint density at radius 1 is 1.18 bits per heavy atom. The molecule has 0 spiro atoms. The Morgan fingerprint density at radius 2 is 1.86 bits per heavy atom. The van der Waals surface area contributed by atoms with Crippen molar-refractivity contribution in [2.24, 2.45) is 0 Å². The molecule has 1 saturated heterocycles. The Balaban J connectivity index is 2.12. The average Bonchev–Trinajstić information content (AvgIpc) is 2.82. The van der Waals surface area contributed by atoms with Gasteiger partial charge >= 0.3 is 131 Å². The van der Waals surface area contributed by atoms with Crippen molar-refractivity contribution >= 4 is 36.2 Å². The Kier molecular flexibility index (Phi) is 3.80. The number of carbonyl (C=O) groups is 2. The number of piperidine rings is 1. The summed E-state index contributed by atoms with van der Waals surface area (Å²) in [5, 5.41) is 2.82. The van der Waals surface area contributed by atoms with Crippen LogP contribution in [0.1, 0.15) is 18.9 Å². The number of hydrogen-bond acceptors (Lipinski definition) is 5. The van der Waals surface area contributed by atoms with Crippen LogP contribution in [0.3, 0.4) is 0 Å². The molecule has 3 rings (SSSR count). The van der Waals surface area contributed by atoms with Gasteiger partial charge in [-0.3, -0.25) is 0 Å². The van der Waals surface area contributed by atoms with Crippen molar-refractivity contribution in [1.29, 1.82) is 0 Å². The Hall–Kier alpha value is -2.05. The minimum absolute atomic E-state index is 0.203. The molecule has 8 heteroatoms. The SMILES string of the molecule is COc1cc2[se]n(C3CCC(=O)NC3=O)c(=O)c2cc1OC. The number of methoxy groups -OCH3 is 2. The minimum atomic E-state index is -0.588. The van der Waals surface area contributed by atoms with Crippen LogP contribution in [0.15, 0.2) is 16.9 Å². The number of ether oxygens (including phenoxy) is 2. The second-order valence-electron chi connectivity index (χ2n) is 4.89. The van der Waals surface area contributed by atoms with E-state index < -0.39 is 11.9 Å². The monoisotopic (exact) mass is 370 g/mol. The number of benzene rings is 1. The molecular formula is C14H14N2O5Se. The van der Waals surface area contributed by atoms with Crippen LogP contribution < -0.4 is 20.3 Å². The van der Waals surface area contributed by atoms with E-state index in [9.17, 15) is 14.4 Å². The van der Waals surface area contributed by atoms with Gasteiger partial charge in [-0.2, -0.15) is 0 Å². The van der Waals surface area contributed by atoms with Crippen LogP contribution in [0.4, 0.5) is 0 Å². The van der Waals surface area contributed by atoms with Crippen LogP contribution in [0.25, 0.3) is 9.65 Å². The molecule has 1 N–H and O–H groups in total. The summed E-state index contributed by atoms with van der Waals surface area (Å²) in [5.41, 5.74) is -0.203. The van der Waals surface area contributed by atoms with Crippen molar-refractivity contribution in [3.05, 3.63) is 22.5 Å². The van der Waals surface area contributed by atoms with Crippen molar-refractivity contribution < 1.29 is 19.1 Å². The Morgan fingerprint density at radius 3 is 2.50 bits per heavy atom. The summed E-state index contributed by atoms with van der Waals surface area (Å²) in [6, 6.07) is 2.83. The van der Waals surface area contributed by atoms with Crippen LogP contribution in [-0.4, -0.2) is 44.3 Å². The predicted molar refractivity (Wildman–Crippen MR) is 79.7 cm³/mol. The van der Waals surface area contributed by atoms with Gasteiger partial charge in [0.05, 0.1) is 0 Å². The van der Waals surface area contributed by atoms with E-state index >= 15 is 0 Å². The standard InChI is InChI=1S/C14H14N2O5Se/c1-20-9-5-7-11(6-10(9)21-2)22-16(14(7)19)8-3-4-12(17)15-13(8)18/h5-6,8H,3-4H2,1-2H3,(H,15,17,18). The van der Waals surface area contributed by atoms with Gasteiger partial charge in [-0.05, 0) is 0 Å². The zero-order valence-electron chi connectivity index (χ0n) is 12.0. The van der Waals surface area contributed by atoms with Crippen molar-refractivity contribution in [1.82, 2.24) is 8.88 Å². The molecule has 2 aromatic rings. The first kappa shape index (κ1) is 14.9. The summed E-state index contributed by atoms with van der Waals surface area (Å²) in [6.07, 6.45) is 0.611. The Labute approximate surface area is 131 Å². The molecule has 2 amide bonds. The number of nitrogens with zero attached hydrogens (tertiary/aromatic N) is 1. The first-order valence-electron chi connectivity index (χ1n) is 6.66. The van der Waals surface area contributed by atoms with E-state index in [1.54, 1.807) is 15.7 Å². The maximum absolute atomic E-state index is 12.6. The number of carbonyl (C=O) groups excluding carboxylic acids is 2. The van der Waals surface area contributed by atoms with Gasteiger partial charge in [0.25, 0.3) is 0 Å². The van der Waals surface area contributed by atoms with E-state index in [1.807, 2.05) is 0 Å². The second kappa shape index (κ2) is 5.62. The molecule has 1 atom stereocenters. The fourth-order valence-electron chi connectivity index (χ4n) is 2.48. The van der Waals surface area contributed by atoms with Gasteiger partial charge in [-0.15, -0.1) is 0 Å². The molecule has 1 aliphatic rings. The maximum atomic E-state index is 12.6. The van der Waals surface area contributed by atoms with Crippen molar-refractivity contribution in [2.75, 3.05) is 14.2 Å². The van der Waals surface area contributed by atoms with Gasteiger partial charge in [0.15, 0.2) is 0 Å². The molecule has 1 aliphatic heterocycles. The number of fused-ring (bicyclic) bond motifs is 1. The van der Waals surface area contributed by atoms with Gasteiger partial charge in [-0.25, -0.2) is 0 Å². The number of rotatable bonds is 3. The van der Waals surface area contributed by atoms with Crippen LogP contribution in [0.5, 0.6) is 11.5 Å².